The Bertz CT molecular complexity index is 603. The molecule has 0 radical (unpaired) electrons. The average Bonchev–Trinajstić information content (AvgIpc) is 2.74. The van der Waals surface area contributed by atoms with Crippen LogP contribution in [0.3, 0.4) is 0 Å². The largest absolute Gasteiger partial charge is 0.465 e. The van der Waals surface area contributed by atoms with Gasteiger partial charge in [0.2, 0.25) is 0 Å². The molecular weight excluding hydrogens is 290 g/mol. The van der Waals surface area contributed by atoms with Gasteiger partial charge in [-0.1, -0.05) is 65.5 Å². The van der Waals surface area contributed by atoms with Crippen molar-refractivity contribution >= 4 is 17.6 Å². The summed E-state index contributed by atoms with van der Waals surface area (Å²) in [5.41, 5.74) is -0.444. The van der Waals surface area contributed by atoms with Gasteiger partial charge in [-0.2, -0.15) is 0 Å². The number of para-hydroxylation sites is 1. The number of amides is 1. The van der Waals surface area contributed by atoms with Crippen LogP contribution < -0.4 is 4.90 Å². The maximum atomic E-state index is 13.2. The lowest BCUT2D eigenvalue weighted by molar-refractivity contribution is 0.0725. The molecule has 0 bridgehead atoms. The third-order valence-corrected chi connectivity index (χ3v) is 4.97. The fraction of sp³-hybridized carbons (Fsp3) is 0.579. The summed E-state index contributed by atoms with van der Waals surface area (Å²) >= 11 is 0. The minimum atomic E-state index is -1.05. The predicted molar refractivity (Wildman–Crippen MR) is 92.2 cm³/mol. The lowest BCUT2D eigenvalue weighted by atomic mass is 9.67. The smallest absolute Gasteiger partial charge is 0.412 e. The summed E-state index contributed by atoms with van der Waals surface area (Å²) in [5.74, 6) is -0.0560. The van der Waals surface area contributed by atoms with Gasteiger partial charge < -0.3 is 5.11 Å². The van der Waals surface area contributed by atoms with E-state index in [0.717, 1.165) is 25.7 Å². The highest BCUT2D eigenvalue weighted by atomic mass is 16.4. The summed E-state index contributed by atoms with van der Waals surface area (Å²) in [4.78, 5) is 26.6. The molecule has 1 amide bonds. The van der Waals surface area contributed by atoms with E-state index >= 15 is 0 Å². The van der Waals surface area contributed by atoms with Crippen LogP contribution >= 0.6 is 0 Å². The molecule has 1 aliphatic rings. The van der Waals surface area contributed by atoms with Gasteiger partial charge in [0.1, 0.15) is 5.54 Å². The predicted octanol–water partition coefficient (Wildman–Crippen LogP) is 5.12. The molecule has 0 fully saturated rings. The quantitative estimate of drug-likeness (QED) is 0.767. The summed E-state index contributed by atoms with van der Waals surface area (Å²) in [5, 5.41) is 9.85. The highest BCUT2D eigenvalue weighted by Crippen LogP contribution is 2.50. The van der Waals surface area contributed by atoms with Gasteiger partial charge in [-0.3, -0.25) is 9.69 Å². The van der Waals surface area contributed by atoms with Gasteiger partial charge in [0.25, 0.3) is 0 Å². The molecule has 0 aromatic heterocycles. The van der Waals surface area contributed by atoms with Crippen LogP contribution in [0.1, 0.15) is 70.2 Å². The van der Waals surface area contributed by atoms with Crippen LogP contribution in [-0.2, 0) is 0 Å². The number of anilines is 1. The number of benzene rings is 1. The van der Waals surface area contributed by atoms with Crippen LogP contribution in [0.25, 0.3) is 0 Å². The fourth-order valence-electron chi connectivity index (χ4n) is 3.74. The van der Waals surface area contributed by atoms with E-state index in [1.165, 1.54) is 4.90 Å². The zero-order valence-electron chi connectivity index (χ0n) is 14.6. The van der Waals surface area contributed by atoms with Crippen LogP contribution in [0.4, 0.5) is 10.5 Å². The first-order valence-electron chi connectivity index (χ1n) is 8.44. The van der Waals surface area contributed by atoms with Crippen LogP contribution in [0.5, 0.6) is 0 Å². The van der Waals surface area contributed by atoms with Gasteiger partial charge in [0.05, 0.1) is 5.69 Å². The maximum absolute atomic E-state index is 13.2. The molecule has 4 heteroatoms. The molecule has 1 aromatic rings. The minimum Gasteiger partial charge on any atom is -0.465 e. The lowest BCUT2D eigenvalue weighted by Gasteiger charge is -2.45. The molecule has 0 saturated carbocycles. The summed E-state index contributed by atoms with van der Waals surface area (Å²) in [7, 11) is 0. The van der Waals surface area contributed by atoms with E-state index in [1.54, 1.807) is 24.3 Å². The van der Waals surface area contributed by atoms with E-state index in [4.69, 9.17) is 0 Å². The van der Waals surface area contributed by atoms with Crippen LogP contribution in [0.15, 0.2) is 24.3 Å². The number of ketones is 1. The lowest BCUT2D eigenvalue weighted by Crippen LogP contribution is -2.61. The van der Waals surface area contributed by atoms with E-state index in [9.17, 15) is 14.7 Å². The number of carbonyl (C=O) groups is 2. The standard InChI is InChI=1S/C19H27NO3/c1-5-6-7-10-13-19(18(2,3)4)16(21)14-11-8-9-12-15(14)20(19)17(22)23/h8-9,11-12H,5-7,10,13H2,1-4H3,(H,22,23). The number of Topliss-reactive ketones (excluding diaryl/α,β-unsaturated/α-hetero) is 1. The summed E-state index contributed by atoms with van der Waals surface area (Å²) in [6.45, 7) is 8.03. The highest BCUT2D eigenvalue weighted by Gasteiger charge is 2.59. The highest BCUT2D eigenvalue weighted by molar-refractivity contribution is 6.19. The first-order chi connectivity index (χ1) is 10.8. The molecule has 1 N–H and O–H groups in total. The van der Waals surface area contributed by atoms with Crippen molar-refractivity contribution in [1.82, 2.24) is 0 Å². The van der Waals surface area contributed by atoms with Crippen LogP contribution in [-0.4, -0.2) is 22.5 Å². The zero-order valence-corrected chi connectivity index (χ0v) is 14.6. The van der Waals surface area contributed by atoms with Crippen LogP contribution in [0, 0.1) is 5.41 Å². The zero-order chi connectivity index (χ0) is 17.3. The Labute approximate surface area is 138 Å². The second kappa shape index (κ2) is 6.34. The Kier molecular flexibility index (Phi) is 4.83. The third-order valence-electron chi connectivity index (χ3n) is 4.97. The Morgan fingerprint density at radius 2 is 1.83 bits per heavy atom. The number of nitrogens with zero attached hydrogens (tertiary/aromatic N) is 1. The van der Waals surface area contributed by atoms with Crippen molar-refractivity contribution in [3.05, 3.63) is 29.8 Å². The van der Waals surface area contributed by atoms with E-state index < -0.39 is 17.0 Å². The number of hydrogen-bond acceptors (Lipinski definition) is 2. The molecule has 1 aromatic carbocycles. The fourth-order valence-corrected chi connectivity index (χ4v) is 3.74. The molecule has 1 atom stereocenters. The molecular formula is C19H27NO3. The summed E-state index contributed by atoms with van der Waals surface area (Å²) in [6.07, 6.45) is 3.61. The van der Waals surface area contributed by atoms with E-state index in [0.29, 0.717) is 17.7 Å². The molecule has 1 aliphatic heterocycles. The van der Waals surface area contributed by atoms with Crippen molar-refractivity contribution in [1.29, 1.82) is 0 Å². The number of fused-ring (bicyclic) bond motifs is 1. The van der Waals surface area contributed by atoms with Crippen molar-refractivity contribution < 1.29 is 14.7 Å². The number of rotatable bonds is 5. The van der Waals surface area contributed by atoms with Crippen molar-refractivity contribution in [3.63, 3.8) is 0 Å². The molecule has 0 saturated heterocycles. The molecule has 4 nitrogen and oxygen atoms in total. The minimum absolute atomic E-state index is 0.0560. The van der Waals surface area contributed by atoms with E-state index in [-0.39, 0.29) is 5.78 Å². The van der Waals surface area contributed by atoms with Gasteiger partial charge in [-0.05, 0) is 24.0 Å². The normalized spacial score (nSPS) is 20.7. The number of carbonyl (C=O) groups excluding carboxylic acids is 1. The van der Waals surface area contributed by atoms with Gasteiger partial charge in [-0.15, -0.1) is 0 Å². The molecule has 23 heavy (non-hydrogen) atoms. The number of hydrogen-bond donors (Lipinski definition) is 1. The van der Waals surface area contributed by atoms with Gasteiger partial charge in [0, 0.05) is 5.56 Å². The molecule has 1 heterocycles. The topological polar surface area (TPSA) is 57.6 Å². The first kappa shape index (κ1) is 17.5. The van der Waals surface area contributed by atoms with Crippen LogP contribution in [0.2, 0.25) is 0 Å². The Morgan fingerprint density at radius 3 is 2.39 bits per heavy atom. The maximum Gasteiger partial charge on any atom is 0.412 e. The van der Waals surface area contributed by atoms with Crippen molar-refractivity contribution in [2.24, 2.45) is 5.41 Å². The molecule has 126 valence electrons. The number of unbranched alkanes of at least 4 members (excludes halogenated alkanes) is 3. The van der Waals surface area contributed by atoms with Crippen molar-refractivity contribution in [2.45, 2.75) is 65.3 Å². The summed E-state index contributed by atoms with van der Waals surface area (Å²) < 4.78 is 0. The van der Waals surface area contributed by atoms with E-state index in [1.807, 2.05) is 20.8 Å². The molecule has 2 rings (SSSR count). The van der Waals surface area contributed by atoms with Crippen molar-refractivity contribution in [3.8, 4) is 0 Å². The monoisotopic (exact) mass is 317 g/mol. The Hall–Kier alpha value is -1.84. The molecule has 0 aliphatic carbocycles. The SMILES string of the molecule is CCCCCCC1(C(C)(C)C)C(=O)c2ccccc2N1C(=O)O. The van der Waals surface area contributed by atoms with E-state index in [2.05, 4.69) is 6.92 Å². The van der Waals surface area contributed by atoms with Gasteiger partial charge in [0.15, 0.2) is 5.78 Å². The second-order valence-electron chi connectivity index (χ2n) is 7.39. The summed E-state index contributed by atoms with van der Waals surface area (Å²) in [6, 6.07) is 7.07. The van der Waals surface area contributed by atoms with Gasteiger partial charge in [-0.25, -0.2) is 4.79 Å². The Balaban J connectivity index is 2.51. The average molecular weight is 317 g/mol. The molecule has 1 unspecified atom stereocenters. The third kappa shape index (κ3) is 2.75. The van der Waals surface area contributed by atoms with Gasteiger partial charge >= 0.3 is 6.09 Å². The Morgan fingerprint density at radius 1 is 1.17 bits per heavy atom. The second-order valence-corrected chi connectivity index (χ2v) is 7.39. The molecule has 0 spiro atoms. The van der Waals surface area contributed by atoms with Crippen molar-refractivity contribution in [2.75, 3.05) is 4.90 Å². The number of carboxylic acid groups (broad SMARTS) is 1. The first-order valence-corrected chi connectivity index (χ1v) is 8.44.